The van der Waals surface area contributed by atoms with E-state index >= 15 is 0 Å². The molecule has 1 saturated heterocycles. The molecule has 0 aliphatic carbocycles. The summed E-state index contributed by atoms with van der Waals surface area (Å²) in [5.41, 5.74) is -0.447. The van der Waals surface area contributed by atoms with Gasteiger partial charge in [-0.2, -0.15) is 0 Å². The van der Waals surface area contributed by atoms with Crippen molar-refractivity contribution in [1.82, 2.24) is 9.55 Å². The Bertz CT molecular complexity index is 892. The Morgan fingerprint density at radius 3 is 2.77 bits per heavy atom. The summed E-state index contributed by atoms with van der Waals surface area (Å²) in [6, 6.07) is 10.1. The number of nitrogens with zero attached hydrogens (tertiary/aromatic N) is 1. The van der Waals surface area contributed by atoms with Crippen molar-refractivity contribution in [2.75, 3.05) is 6.61 Å². The number of carbonyl (C=O) groups excluding carboxylic acids is 1. The predicted molar refractivity (Wildman–Crippen MR) is 96.8 cm³/mol. The van der Waals surface area contributed by atoms with Crippen molar-refractivity contribution in [2.45, 2.75) is 37.4 Å². The van der Waals surface area contributed by atoms with Crippen molar-refractivity contribution in [1.29, 1.82) is 0 Å². The SMILES string of the molecule is CC(=O)OC[C@H]1OC(n2cc(C)c(=O)[nH]c2=O)C[C@@H]1[Se]c1ccccc1. The first kappa shape index (κ1) is 18.6. The number of aromatic amines is 1. The second-order valence-corrected chi connectivity index (χ2v) is 8.87. The van der Waals surface area contributed by atoms with Crippen LogP contribution in [-0.4, -0.2) is 43.2 Å². The first-order valence-electron chi connectivity index (χ1n) is 8.26. The molecule has 0 spiro atoms. The van der Waals surface area contributed by atoms with Gasteiger partial charge in [-0.15, -0.1) is 0 Å². The number of carbonyl (C=O) groups is 1. The molecule has 0 amide bonds. The molecule has 0 radical (unpaired) electrons. The summed E-state index contributed by atoms with van der Waals surface area (Å²) in [5.74, 6) is -0.361. The van der Waals surface area contributed by atoms with Crippen LogP contribution in [0, 0.1) is 6.92 Å². The Labute approximate surface area is 156 Å². The van der Waals surface area contributed by atoms with Gasteiger partial charge in [0.15, 0.2) is 0 Å². The molecular weight excluding hydrogens is 403 g/mol. The van der Waals surface area contributed by atoms with Gasteiger partial charge >= 0.3 is 156 Å². The van der Waals surface area contributed by atoms with Crippen LogP contribution in [0.15, 0.2) is 46.1 Å². The molecule has 3 rings (SSSR count). The van der Waals surface area contributed by atoms with Gasteiger partial charge in [0, 0.05) is 0 Å². The zero-order valence-electron chi connectivity index (χ0n) is 14.5. The summed E-state index contributed by atoms with van der Waals surface area (Å²) in [4.78, 5) is 37.4. The Hall–Kier alpha value is -2.15. The summed E-state index contributed by atoms with van der Waals surface area (Å²) >= 11 is 0.0989. The van der Waals surface area contributed by atoms with Gasteiger partial charge in [0.05, 0.1) is 0 Å². The summed E-state index contributed by atoms with van der Waals surface area (Å²) in [6.45, 7) is 3.16. The molecule has 8 heteroatoms. The Morgan fingerprint density at radius 2 is 2.08 bits per heavy atom. The number of aromatic nitrogens is 2. The average Bonchev–Trinajstić information content (AvgIpc) is 2.99. The number of aryl methyl sites for hydroxylation is 1. The molecule has 2 heterocycles. The van der Waals surface area contributed by atoms with Crippen LogP contribution in [0.3, 0.4) is 0 Å². The normalized spacial score (nSPS) is 22.3. The summed E-state index contributed by atoms with van der Waals surface area (Å²) in [7, 11) is 0. The average molecular weight is 423 g/mol. The van der Waals surface area contributed by atoms with Crippen LogP contribution in [0.5, 0.6) is 0 Å². The van der Waals surface area contributed by atoms with E-state index in [0.717, 1.165) is 0 Å². The van der Waals surface area contributed by atoms with Crippen molar-refractivity contribution >= 4 is 25.4 Å². The first-order valence-corrected chi connectivity index (χ1v) is 10.1. The van der Waals surface area contributed by atoms with E-state index < -0.39 is 17.5 Å². The number of hydrogen-bond donors (Lipinski definition) is 1. The van der Waals surface area contributed by atoms with Crippen molar-refractivity contribution in [3.8, 4) is 0 Å². The first-order chi connectivity index (χ1) is 12.4. The van der Waals surface area contributed by atoms with Gasteiger partial charge in [0.25, 0.3) is 0 Å². The number of ether oxygens (including phenoxy) is 2. The van der Waals surface area contributed by atoms with Crippen molar-refractivity contribution in [3.63, 3.8) is 0 Å². The van der Waals surface area contributed by atoms with E-state index in [1.807, 2.05) is 18.2 Å². The van der Waals surface area contributed by atoms with Crippen LogP contribution in [0.1, 0.15) is 25.1 Å². The van der Waals surface area contributed by atoms with E-state index in [-0.39, 0.29) is 38.5 Å². The number of nitrogens with one attached hydrogen (secondary N) is 1. The number of H-pyrrole nitrogens is 1. The molecule has 1 aromatic carbocycles. The minimum atomic E-state index is -0.496. The van der Waals surface area contributed by atoms with Gasteiger partial charge in [0.2, 0.25) is 0 Å². The van der Waals surface area contributed by atoms with Crippen molar-refractivity contribution < 1.29 is 14.3 Å². The van der Waals surface area contributed by atoms with Crippen LogP contribution in [0.2, 0.25) is 4.82 Å². The van der Waals surface area contributed by atoms with Gasteiger partial charge in [-0.1, -0.05) is 0 Å². The molecule has 0 saturated carbocycles. The van der Waals surface area contributed by atoms with Gasteiger partial charge in [0.1, 0.15) is 0 Å². The predicted octanol–water partition coefficient (Wildman–Crippen LogP) is 0.514. The molecule has 7 nitrogen and oxygen atoms in total. The van der Waals surface area contributed by atoms with E-state index in [1.54, 1.807) is 6.92 Å². The summed E-state index contributed by atoms with van der Waals surface area (Å²) < 4.78 is 13.8. The molecule has 2 aromatic rings. The fraction of sp³-hybridized carbons (Fsp3) is 0.389. The van der Waals surface area contributed by atoms with Crippen LogP contribution in [0.4, 0.5) is 0 Å². The third kappa shape index (κ3) is 4.33. The van der Waals surface area contributed by atoms with E-state index in [4.69, 9.17) is 9.47 Å². The zero-order valence-corrected chi connectivity index (χ0v) is 16.2. The van der Waals surface area contributed by atoms with E-state index in [9.17, 15) is 14.4 Å². The Kier molecular flexibility index (Phi) is 5.76. The van der Waals surface area contributed by atoms with Crippen LogP contribution >= 0.6 is 0 Å². The number of esters is 1. The standard InChI is InChI=1S/C18H20N2O5Se/c1-11-9-20(18(23)19-17(11)22)16-8-15(14(25-16)10-24-12(2)21)26-13-6-4-3-5-7-13/h3-7,9,14-16H,8,10H2,1-2H3,(H,19,22,23)/t14-,15+,16?/m1/s1. The fourth-order valence-corrected chi connectivity index (χ4v) is 5.38. The van der Waals surface area contributed by atoms with Crippen LogP contribution in [-0.2, 0) is 14.3 Å². The molecule has 1 unspecified atom stereocenters. The minimum absolute atomic E-state index is 0.0989. The maximum absolute atomic E-state index is 12.2. The summed E-state index contributed by atoms with van der Waals surface area (Å²) in [6.07, 6.45) is 1.36. The fourth-order valence-electron chi connectivity index (χ4n) is 2.82. The van der Waals surface area contributed by atoms with Crippen LogP contribution < -0.4 is 15.7 Å². The third-order valence-corrected chi connectivity index (χ3v) is 6.94. The maximum atomic E-state index is 12.2. The van der Waals surface area contributed by atoms with Gasteiger partial charge in [-0.3, -0.25) is 0 Å². The number of benzene rings is 1. The topological polar surface area (TPSA) is 90.4 Å². The van der Waals surface area contributed by atoms with Crippen molar-refractivity contribution in [2.24, 2.45) is 0 Å². The van der Waals surface area contributed by atoms with Gasteiger partial charge in [-0.05, 0) is 0 Å². The Morgan fingerprint density at radius 1 is 1.35 bits per heavy atom. The second kappa shape index (κ2) is 8.03. The van der Waals surface area contributed by atoms with Crippen molar-refractivity contribution in [3.05, 3.63) is 62.9 Å². The molecule has 138 valence electrons. The molecule has 1 fully saturated rings. The van der Waals surface area contributed by atoms with Crippen LogP contribution in [0.25, 0.3) is 0 Å². The molecule has 1 aliphatic heterocycles. The molecule has 0 bridgehead atoms. The van der Waals surface area contributed by atoms with E-state index in [2.05, 4.69) is 17.1 Å². The Balaban J connectivity index is 1.83. The molecule has 26 heavy (non-hydrogen) atoms. The summed E-state index contributed by atoms with van der Waals surface area (Å²) in [5, 5.41) is 0. The van der Waals surface area contributed by atoms with Gasteiger partial charge < -0.3 is 0 Å². The van der Waals surface area contributed by atoms with Gasteiger partial charge in [-0.25, -0.2) is 0 Å². The molecule has 1 aliphatic rings. The third-order valence-electron chi connectivity index (χ3n) is 4.12. The van der Waals surface area contributed by atoms with E-state index in [1.165, 1.54) is 22.1 Å². The molecule has 1 N–H and O–H groups in total. The number of hydrogen-bond acceptors (Lipinski definition) is 5. The number of rotatable bonds is 5. The quantitative estimate of drug-likeness (QED) is 0.559. The van der Waals surface area contributed by atoms with E-state index in [0.29, 0.717) is 12.0 Å². The molecule has 1 aromatic heterocycles. The zero-order chi connectivity index (χ0) is 18.7. The molecular formula is C18H20N2O5Se. The second-order valence-electron chi connectivity index (χ2n) is 6.12. The monoisotopic (exact) mass is 424 g/mol. The molecule has 3 atom stereocenters.